The molecule has 1 N–H and O–H groups in total. The van der Waals surface area contributed by atoms with Gasteiger partial charge in [0.25, 0.3) is 10.0 Å². The molecule has 0 fully saturated rings. The summed E-state index contributed by atoms with van der Waals surface area (Å²) in [5.41, 5.74) is 3.93. The molecule has 0 aliphatic rings. The normalized spacial score (nSPS) is 11.1. The van der Waals surface area contributed by atoms with Crippen molar-refractivity contribution in [2.75, 3.05) is 23.3 Å². The molecule has 1 amide bonds. The topological polar surface area (TPSA) is 75.7 Å². The number of carbonyl (C=O) groups is 1. The quantitative estimate of drug-likeness (QED) is 0.537. The fourth-order valence-electron chi connectivity index (χ4n) is 3.43. The van der Waals surface area contributed by atoms with E-state index in [0.717, 1.165) is 33.1 Å². The predicted octanol–water partition coefficient (Wildman–Crippen LogP) is 4.71. The summed E-state index contributed by atoms with van der Waals surface area (Å²) in [6.45, 7) is 5.44. The molecule has 3 rings (SSSR count). The summed E-state index contributed by atoms with van der Waals surface area (Å²) in [7, 11) is -2.48. The van der Waals surface area contributed by atoms with Crippen molar-refractivity contribution < 1.29 is 17.9 Å². The molecule has 3 aromatic carbocycles. The molecule has 0 saturated carbocycles. The highest BCUT2D eigenvalue weighted by atomic mass is 32.2. The number of para-hydroxylation sites is 1. The van der Waals surface area contributed by atoms with Crippen LogP contribution in [0.3, 0.4) is 0 Å². The zero-order valence-corrected chi connectivity index (χ0v) is 19.6. The Kier molecular flexibility index (Phi) is 7.20. The summed E-state index contributed by atoms with van der Waals surface area (Å²) in [5.74, 6) is 0.0756. The van der Waals surface area contributed by atoms with Crippen molar-refractivity contribution in [1.82, 2.24) is 0 Å². The lowest BCUT2D eigenvalue weighted by Gasteiger charge is -2.25. The second-order valence-electron chi connectivity index (χ2n) is 7.54. The van der Waals surface area contributed by atoms with Crippen LogP contribution in [0.5, 0.6) is 5.75 Å². The maximum atomic E-state index is 13.5. The maximum absolute atomic E-state index is 13.5. The van der Waals surface area contributed by atoms with E-state index in [9.17, 15) is 13.2 Å². The lowest BCUT2D eigenvalue weighted by atomic mass is 10.1. The Balaban J connectivity index is 1.99. The van der Waals surface area contributed by atoms with Crippen LogP contribution in [-0.4, -0.2) is 28.0 Å². The number of hydrogen-bond acceptors (Lipinski definition) is 4. The maximum Gasteiger partial charge on any atom is 0.264 e. The van der Waals surface area contributed by atoms with Gasteiger partial charge in [-0.15, -0.1) is 0 Å². The summed E-state index contributed by atoms with van der Waals surface area (Å²) in [4.78, 5) is 13.2. The van der Waals surface area contributed by atoms with Gasteiger partial charge in [-0.1, -0.05) is 48.9 Å². The van der Waals surface area contributed by atoms with E-state index in [1.165, 1.54) is 7.11 Å². The summed E-state index contributed by atoms with van der Waals surface area (Å²) in [6.07, 6.45) is 0.749. The lowest BCUT2D eigenvalue weighted by molar-refractivity contribution is -0.114. The number of hydrogen-bond donors (Lipinski definition) is 1. The highest BCUT2D eigenvalue weighted by molar-refractivity contribution is 7.92. The van der Waals surface area contributed by atoms with Crippen molar-refractivity contribution in [2.45, 2.75) is 32.1 Å². The van der Waals surface area contributed by atoms with Crippen molar-refractivity contribution >= 4 is 27.3 Å². The van der Waals surface area contributed by atoms with Gasteiger partial charge in [-0.3, -0.25) is 9.10 Å². The van der Waals surface area contributed by atoms with Crippen LogP contribution in [0.1, 0.15) is 23.6 Å². The van der Waals surface area contributed by atoms with Gasteiger partial charge in [-0.2, -0.15) is 0 Å². The second-order valence-corrected chi connectivity index (χ2v) is 9.40. The van der Waals surface area contributed by atoms with Gasteiger partial charge in [0, 0.05) is 11.8 Å². The van der Waals surface area contributed by atoms with E-state index in [0.29, 0.717) is 11.4 Å². The van der Waals surface area contributed by atoms with Gasteiger partial charge in [0.05, 0.1) is 17.7 Å². The first-order chi connectivity index (χ1) is 15.3. The van der Waals surface area contributed by atoms with E-state index in [4.69, 9.17) is 4.74 Å². The van der Waals surface area contributed by atoms with Crippen LogP contribution >= 0.6 is 0 Å². The number of ether oxygens (including phenoxy) is 1. The molecule has 0 spiro atoms. The Morgan fingerprint density at radius 3 is 2.34 bits per heavy atom. The summed E-state index contributed by atoms with van der Waals surface area (Å²) in [6, 6.07) is 19.0. The van der Waals surface area contributed by atoms with Crippen LogP contribution in [-0.2, 0) is 21.2 Å². The highest BCUT2D eigenvalue weighted by Crippen LogP contribution is 2.28. The number of nitrogens with zero attached hydrogens (tertiary/aromatic N) is 1. The highest BCUT2D eigenvalue weighted by Gasteiger charge is 2.28. The number of carbonyl (C=O) groups excluding carboxylic acids is 1. The van der Waals surface area contributed by atoms with Gasteiger partial charge in [0.2, 0.25) is 5.91 Å². The van der Waals surface area contributed by atoms with Crippen LogP contribution in [0.2, 0.25) is 0 Å². The van der Waals surface area contributed by atoms with E-state index in [1.807, 2.05) is 39.0 Å². The van der Waals surface area contributed by atoms with E-state index in [1.54, 1.807) is 48.5 Å². The minimum Gasteiger partial charge on any atom is -0.497 e. The summed E-state index contributed by atoms with van der Waals surface area (Å²) in [5, 5.41) is 2.91. The fourth-order valence-corrected chi connectivity index (χ4v) is 4.84. The first-order valence-electron chi connectivity index (χ1n) is 10.4. The average Bonchev–Trinajstić information content (AvgIpc) is 2.79. The minimum atomic E-state index is -3.99. The molecule has 0 heterocycles. The molecule has 3 aromatic rings. The molecule has 6 nitrogen and oxygen atoms in total. The first kappa shape index (κ1) is 23.3. The van der Waals surface area contributed by atoms with Gasteiger partial charge < -0.3 is 10.1 Å². The molecule has 7 heteroatoms. The van der Waals surface area contributed by atoms with Crippen LogP contribution < -0.4 is 14.4 Å². The van der Waals surface area contributed by atoms with Gasteiger partial charge in [0.15, 0.2) is 0 Å². The number of aryl methyl sites for hydroxylation is 3. The van der Waals surface area contributed by atoms with Crippen LogP contribution in [0.25, 0.3) is 0 Å². The molecule has 0 aromatic heterocycles. The number of nitrogens with one attached hydrogen (secondary N) is 1. The Hall–Kier alpha value is -3.32. The third-order valence-corrected chi connectivity index (χ3v) is 7.03. The molecule has 0 unspecified atom stereocenters. The average molecular weight is 453 g/mol. The minimum absolute atomic E-state index is 0.115. The van der Waals surface area contributed by atoms with Gasteiger partial charge in [-0.05, 0) is 55.7 Å². The van der Waals surface area contributed by atoms with E-state index in [2.05, 4.69) is 5.32 Å². The van der Waals surface area contributed by atoms with Crippen LogP contribution in [0, 0.1) is 13.8 Å². The van der Waals surface area contributed by atoms with Gasteiger partial charge in [-0.25, -0.2) is 8.42 Å². The van der Waals surface area contributed by atoms with E-state index in [-0.39, 0.29) is 11.4 Å². The van der Waals surface area contributed by atoms with E-state index >= 15 is 0 Å². The molecule has 0 radical (unpaired) electrons. The molecule has 0 saturated heterocycles. The standard InChI is InChI=1S/C25H28N2O4S/c1-5-20-9-6-8-19(3)25(20)26-24(28)17-27(21-10-7-11-22(16-21)31-4)32(29,30)23-14-12-18(2)13-15-23/h6-16H,5,17H2,1-4H3,(H,26,28). The Bertz CT molecular complexity index is 1200. The molecule has 168 valence electrons. The Labute approximate surface area is 189 Å². The molecule has 0 aliphatic heterocycles. The molecular formula is C25H28N2O4S. The molecule has 0 atom stereocenters. The molecule has 32 heavy (non-hydrogen) atoms. The molecule has 0 aliphatic carbocycles. The Morgan fingerprint density at radius 2 is 1.69 bits per heavy atom. The van der Waals surface area contributed by atoms with Crippen molar-refractivity contribution in [3.8, 4) is 5.75 Å². The van der Waals surface area contributed by atoms with E-state index < -0.39 is 15.9 Å². The number of amides is 1. The zero-order valence-electron chi connectivity index (χ0n) is 18.8. The molecular weight excluding hydrogens is 424 g/mol. The predicted molar refractivity (Wildman–Crippen MR) is 128 cm³/mol. The number of anilines is 2. The lowest BCUT2D eigenvalue weighted by Crippen LogP contribution is -2.38. The number of benzene rings is 3. The monoisotopic (exact) mass is 452 g/mol. The zero-order chi connectivity index (χ0) is 23.3. The first-order valence-corrected chi connectivity index (χ1v) is 11.8. The summed E-state index contributed by atoms with van der Waals surface area (Å²) < 4.78 is 33.4. The van der Waals surface area contributed by atoms with Gasteiger partial charge >= 0.3 is 0 Å². The Morgan fingerprint density at radius 1 is 1.00 bits per heavy atom. The van der Waals surface area contributed by atoms with Crippen molar-refractivity contribution in [3.05, 3.63) is 83.4 Å². The number of sulfonamides is 1. The smallest absolute Gasteiger partial charge is 0.264 e. The second kappa shape index (κ2) is 9.87. The fraction of sp³-hybridized carbons (Fsp3) is 0.240. The van der Waals surface area contributed by atoms with Crippen LogP contribution in [0.15, 0.2) is 71.6 Å². The molecule has 0 bridgehead atoms. The number of rotatable bonds is 8. The van der Waals surface area contributed by atoms with Gasteiger partial charge in [0.1, 0.15) is 12.3 Å². The largest absolute Gasteiger partial charge is 0.497 e. The number of methoxy groups -OCH3 is 1. The third-order valence-electron chi connectivity index (χ3n) is 5.24. The van der Waals surface area contributed by atoms with Crippen LogP contribution in [0.4, 0.5) is 11.4 Å². The third kappa shape index (κ3) is 5.11. The van der Waals surface area contributed by atoms with Crippen molar-refractivity contribution in [2.24, 2.45) is 0 Å². The van der Waals surface area contributed by atoms with Crippen molar-refractivity contribution in [1.29, 1.82) is 0 Å². The SMILES string of the molecule is CCc1cccc(C)c1NC(=O)CN(c1cccc(OC)c1)S(=O)(=O)c1ccc(C)cc1. The summed E-state index contributed by atoms with van der Waals surface area (Å²) >= 11 is 0. The van der Waals surface area contributed by atoms with Crippen molar-refractivity contribution in [3.63, 3.8) is 0 Å².